The van der Waals surface area contributed by atoms with E-state index in [9.17, 15) is 9.18 Å². The second-order valence-corrected chi connectivity index (χ2v) is 6.81. The molecule has 0 saturated carbocycles. The fraction of sp³-hybridized carbons (Fsp3) is 0.167. The number of benzene rings is 2. The fourth-order valence-corrected chi connectivity index (χ4v) is 3.32. The molecule has 1 N–H and O–H groups in total. The minimum Gasteiger partial charge on any atom is -0.489 e. The standard InChI is InChI=1S/C18H14BrFN4O2/c19-12-4-5-16(26-9-11-2-1-3-13(20)6-11)14(7-12)15-8-17(25)23-18-21-10-22-24(15)18/h1-7,10,15H,8-9H2,(H,21,22,23,25)/t15-/m1/s1. The predicted molar refractivity (Wildman–Crippen MR) is 96.3 cm³/mol. The van der Waals surface area contributed by atoms with Gasteiger partial charge < -0.3 is 4.74 Å². The highest BCUT2D eigenvalue weighted by molar-refractivity contribution is 9.10. The molecule has 26 heavy (non-hydrogen) atoms. The number of carbonyl (C=O) groups is 1. The predicted octanol–water partition coefficient (Wildman–Crippen LogP) is 3.69. The second kappa shape index (κ2) is 6.87. The number of fused-ring (bicyclic) bond motifs is 1. The molecule has 0 radical (unpaired) electrons. The van der Waals surface area contributed by atoms with Crippen molar-refractivity contribution in [3.05, 3.63) is 70.2 Å². The Bertz CT molecular complexity index is 975. The molecule has 0 aliphatic carbocycles. The third-order valence-corrected chi connectivity index (χ3v) is 4.61. The maximum absolute atomic E-state index is 13.4. The van der Waals surface area contributed by atoms with E-state index in [-0.39, 0.29) is 30.8 Å². The van der Waals surface area contributed by atoms with E-state index >= 15 is 0 Å². The molecular formula is C18H14BrFN4O2. The first-order valence-corrected chi connectivity index (χ1v) is 8.75. The molecule has 0 unspecified atom stereocenters. The van der Waals surface area contributed by atoms with Gasteiger partial charge in [0, 0.05) is 10.0 Å². The van der Waals surface area contributed by atoms with Gasteiger partial charge in [0.15, 0.2) is 0 Å². The molecule has 2 heterocycles. The van der Waals surface area contributed by atoms with E-state index in [4.69, 9.17) is 4.74 Å². The zero-order chi connectivity index (χ0) is 18.1. The van der Waals surface area contributed by atoms with Crippen molar-refractivity contribution in [1.82, 2.24) is 14.8 Å². The molecule has 2 aromatic carbocycles. The van der Waals surface area contributed by atoms with E-state index in [0.29, 0.717) is 11.7 Å². The molecule has 1 aromatic heterocycles. The van der Waals surface area contributed by atoms with Crippen molar-refractivity contribution >= 4 is 27.8 Å². The zero-order valence-corrected chi connectivity index (χ0v) is 15.1. The minimum absolute atomic E-state index is 0.133. The third-order valence-electron chi connectivity index (χ3n) is 4.11. The molecule has 0 spiro atoms. The Labute approximate surface area is 157 Å². The molecule has 0 bridgehead atoms. The molecule has 6 nitrogen and oxygen atoms in total. The van der Waals surface area contributed by atoms with Crippen molar-refractivity contribution in [2.45, 2.75) is 19.1 Å². The molecule has 1 amide bonds. The first kappa shape index (κ1) is 16.7. The van der Waals surface area contributed by atoms with Gasteiger partial charge in [0.2, 0.25) is 11.9 Å². The summed E-state index contributed by atoms with van der Waals surface area (Å²) in [7, 11) is 0. The lowest BCUT2D eigenvalue weighted by molar-refractivity contribution is -0.117. The summed E-state index contributed by atoms with van der Waals surface area (Å²) in [6, 6.07) is 11.5. The number of ether oxygens (including phenoxy) is 1. The summed E-state index contributed by atoms with van der Waals surface area (Å²) in [5.41, 5.74) is 1.53. The molecule has 1 aliphatic rings. The summed E-state index contributed by atoms with van der Waals surface area (Å²) in [6.07, 6.45) is 1.63. The normalized spacial score (nSPS) is 16.1. The van der Waals surface area contributed by atoms with Gasteiger partial charge in [-0.15, -0.1) is 0 Å². The van der Waals surface area contributed by atoms with Crippen LogP contribution < -0.4 is 10.1 Å². The van der Waals surface area contributed by atoms with Gasteiger partial charge in [-0.1, -0.05) is 28.1 Å². The SMILES string of the molecule is O=C1C[C@H](c2cc(Br)ccc2OCc2cccc(F)c2)n2ncnc2N1. The van der Waals surface area contributed by atoms with Crippen LogP contribution in [0.1, 0.15) is 23.6 Å². The van der Waals surface area contributed by atoms with E-state index in [1.54, 1.807) is 16.8 Å². The molecule has 1 atom stereocenters. The summed E-state index contributed by atoms with van der Waals surface area (Å²) in [5, 5.41) is 6.91. The Morgan fingerprint density at radius 2 is 2.19 bits per heavy atom. The Hall–Kier alpha value is -2.74. The molecule has 3 aromatic rings. The van der Waals surface area contributed by atoms with E-state index in [1.165, 1.54) is 18.5 Å². The van der Waals surface area contributed by atoms with Gasteiger partial charge in [0.1, 0.15) is 24.5 Å². The van der Waals surface area contributed by atoms with Crippen LogP contribution in [-0.2, 0) is 11.4 Å². The quantitative estimate of drug-likeness (QED) is 0.703. The van der Waals surface area contributed by atoms with Crippen LogP contribution in [0.2, 0.25) is 0 Å². The summed E-state index contributed by atoms with van der Waals surface area (Å²) < 4.78 is 21.8. The maximum Gasteiger partial charge on any atom is 0.229 e. The first-order valence-electron chi connectivity index (χ1n) is 7.96. The van der Waals surface area contributed by atoms with Crippen molar-refractivity contribution < 1.29 is 13.9 Å². The molecule has 4 rings (SSSR count). The highest BCUT2D eigenvalue weighted by atomic mass is 79.9. The number of amides is 1. The largest absolute Gasteiger partial charge is 0.489 e. The number of carbonyl (C=O) groups excluding carboxylic acids is 1. The van der Waals surface area contributed by atoms with Crippen molar-refractivity contribution in [2.24, 2.45) is 0 Å². The molecular weight excluding hydrogens is 403 g/mol. The number of hydrogen-bond acceptors (Lipinski definition) is 4. The van der Waals surface area contributed by atoms with Gasteiger partial charge in [0.05, 0.1) is 12.5 Å². The first-order chi connectivity index (χ1) is 12.6. The highest BCUT2D eigenvalue weighted by Crippen LogP contribution is 2.36. The van der Waals surface area contributed by atoms with Crippen molar-refractivity contribution in [3.8, 4) is 5.75 Å². The number of anilines is 1. The lowest BCUT2D eigenvalue weighted by Gasteiger charge is -2.25. The van der Waals surface area contributed by atoms with Gasteiger partial charge in [-0.2, -0.15) is 10.1 Å². The molecule has 132 valence electrons. The van der Waals surface area contributed by atoms with Crippen LogP contribution >= 0.6 is 15.9 Å². The minimum atomic E-state index is -0.332. The Morgan fingerprint density at radius 1 is 1.31 bits per heavy atom. The van der Waals surface area contributed by atoms with Crippen LogP contribution in [0.15, 0.2) is 53.3 Å². The van der Waals surface area contributed by atoms with Crippen LogP contribution in [0, 0.1) is 5.82 Å². The lowest BCUT2D eigenvalue weighted by atomic mass is 10.0. The van der Waals surface area contributed by atoms with E-state index < -0.39 is 0 Å². The number of nitrogens with zero attached hydrogens (tertiary/aromatic N) is 3. The molecule has 1 aliphatic heterocycles. The molecule has 0 saturated heterocycles. The topological polar surface area (TPSA) is 69.0 Å². The monoisotopic (exact) mass is 416 g/mol. The van der Waals surface area contributed by atoms with E-state index in [2.05, 4.69) is 31.3 Å². The van der Waals surface area contributed by atoms with Crippen molar-refractivity contribution in [2.75, 3.05) is 5.32 Å². The third kappa shape index (κ3) is 3.32. The average Bonchev–Trinajstić information content (AvgIpc) is 3.08. The highest BCUT2D eigenvalue weighted by Gasteiger charge is 2.30. The Balaban J connectivity index is 1.67. The Morgan fingerprint density at radius 3 is 3.04 bits per heavy atom. The fourth-order valence-electron chi connectivity index (χ4n) is 2.95. The van der Waals surface area contributed by atoms with Gasteiger partial charge >= 0.3 is 0 Å². The van der Waals surface area contributed by atoms with Crippen molar-refractivity contribution in [3.63, 3.8) is 0 Å². The van der Waals surface area contributed by atoms with Gasteiger partial charge in [-0.05, 0) is 35.9 Å². The van der Waals surface area contributed by atoms with Crippen LogP contribution in [0.4, 0.5) is 10.3 Å². The van der Waals surface area contributed by atoms with Crippen molar-refractivity contribution in [1.29, 1.82) is 0 Å². The lowest BCUT2D eigenvalue weighted by Crippen LogP contribution is -2.29. The summed E-state index contributed by atoms with van der Waals surface area (Å²) in [6.45, 7) is 0.218. The smallest absolute Gasteiger partial charge is 0.229 e. The van der Waals surface area contributed by atoms with E-state index in [1.807, 2.05) is 18.2 Å². The number of halogens is 2. The number of aromatic nitrogens is 3. The summed E-state index contributed by atoms with van der Waals surface area (Å²) >= 11 is 3.46. The summed E-state index contributed by atoms with van der Waals surface area (Å²) in [4.78, 5) is 16.1. The van der Waals surface area contributed by atoms with Crippen LogP contribution in [0.3, 0.4) is 0 Å². The number of rotatable bonds is 4. The van der Waals surface area contributed by atoms with Gasteiger partial charge in [0.25, 0.3) is 0 Å². The van der Waals surface area contributed by atoms with Crippen LogP contribution in [0.25, 0.3) is 0 Å². The van der Waals surface area contributed by atoms with E-state index in [0.717, 1.165) is 15.6 Å². The van der Waals surface area contributed by atoms with Gasteiger partial charge in [-0.3, -0.25) is 10.1 Å². The second-order valence-electron chi connectivity index (χ2n) is 5.90. The Kier molecular flexibility index (Phi) is 4.42. The number of hydrogen-bond donors (Lipinski definition) is 1. The van der Waals surface area contributed by atoms with Crippen LogP contribution in [-0.4, -0.2) is 20.7 Å². The molecule has 8 heteroatoms. The zero-order valence-electron chi connectivity index (χ0n) is 13.5. The van der Waals surface area contributed by atoms with Crippen LogP contribution in [0.5, 0.6) is 5.75 Å². The summed E-state index contributed by atoms with van der Waals surface area (Å²) in [5.74, 6) is 0.575. The average molecular weight is 417 g/mol. The molecule has 0 fully saturated rings. The maximum atomic E-state index is 13.4. The van der Waals surface area contributed by atoms with Gasteiger partial charge in [-0.25, -0.2) is 9.07 Å². The number of nitrogens with one attached hydrogen (secondary N) is 1.